The second-order valence-corrected chi connectivity index (χ2v) is 6.22. The zero-order valence-corrected chi connectivity index (χ0v) is 11.3. The van der Waals surface area contributed by atoms with Gasteiger partial charge in [-0.3, -0.25) is 0 Å². The highest BCUT2D eigenvalue weighted by atomic mass is 79.9. The molecule has 0 aliphatic carbocycles. The highest BCUT2D eigenvalue weighted by Crippen LogP contribution is 2.46. The molecule has 0 spiro atoms. The SMILES string of the molecule is Clc1cc(Cl)c(C(Cl)(Cl)Cl)c(Br)c1. The number of halogens is 6. The van der Waals surface area contributed by atoms with E-state index in [-0.39, 0.29) is 0 Å². The lowest BCUT2D eigenvalue weighted by molar-refractivity contribution is 1.22. The zero-order chi connectivity index (χ0) is 10.2. The van der Waals surface area contributed by atoms with Crippen LogP contribution in [0.25, 0.3) is 0 Å². The predicted molar refractivity (Wildman–Crippen MR) is 63.4 cm³/mol. The number of hydrogen-bond donors (Lipinski definition) is 0. The van der Waals surface area contributed by atoms with Gasteiger partial charge in [0.05, 0.1) is 5.02 Å². The summed E-state index contributed by atoms with van der Waals surface area (Å²) in [6, 6.07) is 3.13. The molecule has 0 fully saturated rings. The summed E-state index contributed by atoms with van der Waals surface area (Å²) >= 11 is 31.9. The van der Waals surface area contributed by atoms with Crippen LogP contribution in [0.2, 0.25) is 10.0 Å². The summed E-state index contributed by atoms with van der Waals surface area (Å²) in [5.74, 6) is 0. The molecule has 1 aromatic carbocycles. The number of alkyl halides is 3. The Morgan fingerprint density at radius 3 is 2.00 bits per heavy atom. The van der Waals surface area contributed by atoms with Crippen molar-refractivity contribution < 1.29 is 0 Å². The lowest BCUT2D eigenvalue weighted by Gasteiger charge is -2.15. The van der Waals surface area contributed by atoms with Crippen LogP contribution >= 0.6 is 73.9 Å². The first-order valence-electron chi connectivity index (χ1n) is 3.04. The van der Waals surface area contributed by atoms with E-state index in [4.69, 9.17) is 58.0 Å². The van der Waals surface area contributed by atoms with Crippen LogP contribution in [0.4, 0.5) is 0 Å². The third-order valence-electron chi connectivity index (χ3n) is 1.29. The van der Waals surface area contributed by atoms with Gasteiger partial charge >= 0.3 is 0 Å². The van der Waals surface area contributed by atoms with Gasteiger partial charge in [-0.25, -0.2) is 0 Å². The molecule has 0 heterocycles. The van der Waals surface area contributed by atoms with E-state index in [9.17, 15) is 0 Å². The Morgan fingerprint density at radius 2 is 1.62 bits per heavy atom. The summed E-state index contributed by atoms with van der Waals surface area (Å²) in [5.41, 5.74) is 0.392. The Hall–Kier alpha value is 1.15. The molecule has 13 heavy (non-hydrogen) atoms. The normalized spacial score (nSPS) is 11.8. The molecule has 0 aliphatic heterocycles. The predicted octanol–water partition coefficient (Wildman–Crippen LogP) is 5.58. The highest BCUT2D eigenvalue weighted by molar-refractivity contribution is 9.10. The Kier molecular flexibility index (Phi) is 4.08. The molecule has 0 aromatic heterocycles. The average Bonchev–Trinajstić information content (AvgIpc) is 1.78. The van der Waals surface area contributed by atoms with E-state index < -0.39 is 3.79 Å². The first-order valence-corrected chi connectivity index (χ1v) is 5.72. The van der Waals surface area contributed by atoms with Crippen molar-refractivity contribution in [1.29, 1.82) is 0 Å². The summed E-state index contributed by atoms with van der Waals surface area (Å²) in [7, 11) is 0. The Labute approximate surface area is 109 Å². The Morgan fingerprint density at radius 1 is 1.08 bits per heavy atom. The van der Waals surface area contributed by atoms with E-state index in [0.717, 1.165) is 0 Å². The molecule has 0 aliphatic rings. The van der Waals surface area contributed by atoms with Gasteiger partial charge in [0.15, 0.2) is 0 Å². The van der Waals surface area contributed by atoms with Gasteiger partial charge in [0.2, 0.25) is 3.79 Å². The Bertz CT molecular complexity index is 307. The van der Waals surface area contributed by atoms with Gasteiger partial charge in [0.1, 0.15) is 0 Å². The van der Waals surface area contributed by atoms with Crippen molar-refractivity contribution in [3.05, 3.63) is 32.2 Å². The van der Waals surface area contributed by atoms with Crippen LogP contribution in [0.5, 0.6) is 0 Å². The van der Waals surface area contributed by atoms with Crippen molar-refractivity contribution >= 4 is 73.9 Å². The quantitative estimate of drug-likeness (QED) is 0.539. The molecular formula is C7H2BrCl5. The molecule has 6 heteroatoms. The fourth-order valence-corrected chi connectivity index (χ4v) is 3.55. The van der Waals surface area contributed by atoms with Crippen molar-refractivity contribution in [3.8, 4) is 0 Å². The smallest absolute Gasteiger partial charge is 0.0842 e. The van der Waals surface area contributed by atoms with Gasteiger partial charge in [-0.2, -0.15) is 0 Å². The van der Waals surface area contributed by atoms with Crippen LogP contribution in [-0.4, -0.2) is 0 Å². The minimum atomic E-state index is -1.56. The van der Waals surface area contributed by atoms with Gasteiger partial charge in [-0.15, -0.1) is 0 Å². The molecule has 1 rings (SSSR count). The van der Waals surface area contributed by atoms with Crippen LogP contribution in [0.15, 0.2) is 16.6 Å². The molecule has 72 valence electrons. The minimum absolute atomic E-state index is 0.319. The second-order valence-electron chi connectivity index (χ2n) is 2.24. The first kappa shape index (κ1) is 12.2. The van der Waals surface area contributed by atoms with E-state index in [1.165, 1.54) is 6.07 Å². The Balaban J connectivity index is 3.38. The lowest BCUT2D eigenvalue weighted by Crippen LogP contribution is -2.02. The van der Waals surface area contributed by atoms with E-state index in [1.807, 2.05) is 0 Å². The van der Waals surface area contributed by atoms with Crippen LogP contribution < -0.4 is 0 Å². The molecule has 0 radical (unpaired) electrons. The van der Waals surface area contributed by atoms with Gasteiger partial charge in [0.25, 0.3) is 0 Å². The van der Waals surface area contributed by atoms with Crippen LogP contribution in [0.3, 0.4) is 0 Å². The van der Waals surface area contributed by atoms with Crippen LogP contribution in [-0.2, 0) is 3.79 Å². The maximum absolute atomic E-state index is 5.85. The largest absolute Gasteiger partial charge is 0.218 e. The van der Waals surface area contributed by atoms with E-state index in [0.29, 0.717) is 20.1 Å². The third kappa shape index (κ3) is 3.05. The molecule has 0 nitrogen and oxygen atoms in total. The molecule has 0 amide bonds. The van der Waals surface area contributed by atoms with Crippen LogP contribution in [0.1, 0.15) is 5.56 Å². The topological polar surface area (TPSA) is 0 Å². The molecule has 0 bridgehead atoms. The highest BCUT2D eigenvalue weighted by Gasteiger charge is 2.28. The number of rotatable bonds is 0. The van der Waals surface area contributed by atoms with Crippen molar-refractivity contribution in [2.45, 2.75) is 3.79 Å². The lowest BCUT2D eigenvalue weighted by atomic mass is 10.2. The fourth-order valence-electron chi connectivity index (χ4n) is 0.813. The summed E-state index contributed by atoms with van der Waals surface area (Å²) in [6.07, 6.45) is 0. The van der Waals surface area contributed by atoms with Gasteiger partial charge in [0, 0.05) is 15.1 Å². The van der Waals surface area contributed by atoms with E-state index in [1.54, 1.807) is 6.07 Å². The zero-order valence-electron chi connectivity index (χ0n) is 5.92. The maximum Gasteiger partial charge on any atom is 0.218 e. The minimum Gasteiger partial charge on any atom is -0.0842 e. The molecule has 1 aromatic rings. The monoisotopic (exact) mass is 340 g/mol. The van der Waals surface area contributed by atoms with Crippen molar-refractivity contribution in [1.82, 2.24) is 0 Å². The first-order chi connectivity index (χ1) is 5.82. The molecule has 0 saturated heterocycles. The molecule has 0 N–H and O–H groups in total. The van der Waals surface area contributed by atoms with E-state index >= 15 is 0 Å². The summed E-state index contributed by atoms with van der Waals surface area (Å²) in [4.78, 5) is 0. The average molecular weight is 343 g/mol. The fraction of sp³-hybridized carbons (Fsp3) is 0.143. The number of benzene rings is 1. The van der Waals surface area contributed by atoms with Gasteiger partial charge in [-0.05, 0) is 12.1 Å². The van der Waals surface area contributed by atoms with Crippen LogP contribution in [0, 0.1) is 0 Å². The third-order valence-corrected chi connectivity index (χ3v) is 3.00. The molecular weight excluding hydrogens is 341 g/mol. The van der Waals surface area contributed by atoms with E-state index in [2.05, 4.69) is 15.9 Å². The van der Waals surface area contributed by atoms with Crippen molar-refractivity contribution in [2.75, 3.05) is 0 Å². The van der Waals surface area contributed by atoms with Gasteiger partial charge in [-0.1, -0.05) is 73.9 Å². The van der Waals surface area contributed by atoms with Crippen molar-refractivity contribution in [2.24, 2.45) is 0 Å². The summed E-state index contributed by atoms with van der Waals surface area (Å²) in [5, 5.41) is 0.800. The molecule has 0 atom stereocenters. The number of hydrogen-bond acceptors (Lipinski definition) is 0. The summed E-state index contributed by atoms with van der Waals surface area (Å²) in [6.45, 7) is 0. The summed E-state index contributed by atoms with van der Waals surface area (Å²) < 4.78 is -0.981. The van der Waals surface area contributed by atoms with Gasteiger partial charge < -0.3 is 0 Å². The van der Waals surface area contributed by atoms with Crippen molar-refractivity contribution in [3.63, 3.8) is 0 Å². The molecule has 0 unspecified atom stereocenters. The standard InChI is InChI=1S/C7H2BrCl5/c8-4-1-3(9)2-5(10)6(4)7(11,12)13/h1-2H. The molecule has 0 saturated carbocycles. The second kappa shape index (κ2) is 4.34. The maximum atomic E-state index is 5.85.